The van der Waals surface area contributed by atoms with Gasteiger partial charge in [0.15, 0.2) is 17.3 Å². The van der Waals surface area contributed by atoms with Gasteiger partial charge in [0.2, 0.25) is 5.91 Å². The molecule has 1 aliphatic heterocycles. The number of piperidine rings is 1. The summed E-state index contributed by atoms with van der Waals surface area (Å²) in [6.45, 7) is 5.50. The highest BCUT2D eigenvalue weighted by molar-refractivity contribution is 5.94. The molecule has 2 aliphatic rings. The summed E-state index contributed by atoms with van der Waals surface area (Å²) in [5, 5.41) is 9.78. The molecule has 2 N–H and O–H groups in total. The van der Waals surface area contributed by atoms with Gasteiger partial charge in [0, 0.05) is 50.2 Å². The van der Waals surface area contributed by atoms with Crippen LogP contribution in [-0.4, -0.2) is 57.5 Å². The second kappa shape index (κ2) is 10.2. The lowest BCUT2D eigenvalue weighted by molar-refractivity contribution is -0.128. The highest BCUT2D eigenvalue weighted by atomic mass is 19.1. The summed E-state index contributed by atoms with van der Waals surface area (Å²) in [6, 6.07) is 5.58. The quantitative estimate of drug-likeness (QED) is 0.450. The molecule has 9 nitrogen and oxygen atoms in total. The van der Waals surface area contributed by atoms with Crippen LogP contribution in [0.15, 0.2) is 59.9 Å². The predicted molar refractivity (Wildman–Crippen MR) is 129 cm³/mol. The van der Waals surface area contributed by atoms with Gasteiger partial charge in [-0.3, -0.25) is 14.5 Å². The number of amides is 2. The Morgan fingerprint density at radius 2 is 2.00 bits per heavy atom. The van der Waals surface area contributed by atoms with Gasteiger partial charge in [0.05, 0.1) is 17.0 Å². The molecule has 0 bridgehead atoms. The molecule has 2 fully saturated rings. The van der Waals surface area contributed by atoms with Gasteiger partial charge < -0.3 is 15.2 Å². The van der Waals surface area contributed by atoms with E-state index in [1.54, 1.807) is 24.5 Å². The number of nitrogens with zero attached hydrogens (tertiary/aromatic N) is 4. The average molecular weight is 509 g/mol. The van der Waals surface area contributed by atoms with Crippen molar-refractivity contribution in [3.63, 3.8) is 0 Å². The van der Waals surface area contributed by atoms with Crippen molar-refractivity contribution in [1.82, 2.24) is 30.7 Å². The first kappa shape index (κ1) is 24.7. The third-order valence-electron chi connectivity index (χ3n) is 6.78. The number of benzene rings is 1. The van der Waals surface area contributed by atoms with Gasteiger partial charge in [-0.15, -0.1) is 6.58 Å². The molecule has 2 aromatic heterocycles. The molecule has 0 spiro atoms. The first-order chi connectivity index (χ1) is 17.9. The predicted octanol–water partition coefficient (Wildman–Crippen LogP) is 2.82. The van der Waals surface area contributed by atoms with E-state index < -0.39 is 35.0 Å². The van der Waals surface area contributed by atoms with Crippen LogP contribution in [0.4, 0.5) is 8.78 Å². The Hall–Kier alpha value is -3.99. The fourth-order valence-electron chi connectivity index (χ4n) is 4.65. The van der Waals surface area contributed by atoms with Crippen LogP contribution in [0.3, 0.4) is 0 Å². The van der Waals surface area contributed by atoms with Gasteiger partial charge in [-0.05, 0) is 37.5 Å². The molecule has 1 saturated heterocycles. The van der Waals surface area contributed by atoms with Crippen molar-refractivity contribution in [1.29, 1.82) is 0 Å². The number of halogens is 2. The summed E-state index contributed by atoms with van der Waals surface area (Å²) in [7, 11) is 0. The first-order valence-corrected chi connectivity index (χ1v) is 12.0. The summed E-state index contributed by atoms with van der Waals surface area (Å²) in [5.74, 6) is -2.27. The molecule has 3 heterocycles. The van der Waals surface area contributed by atoms with Crippen LogP contribution in [0.25, 0.3) is 11.3 Å². The number of likely N-dealkylation sites (tertiary alicyclic amines) is 1. The van der Waals surface area contributed by atoms with E-state index in [9.17, 15) is 18.4 Å². The highest BCUT2D eigenvalue weighted by Crippen LogP contribution is 2.44. The van der Waals surface area contributed by atoms with E-state index >= 15 is 0 Å². The van der Waals surface area contributed by atoms with Crippen LogP contribution in [0.2, 0.25) is 0 Å². The summed E-state index contributed by atoms with van der Waals surface area (Å²) in [6.07, 6.45) is 7.08. The molecular weight excluding hydrogens is 482 g/mol. The number of rotatable bonds is 8. The standard InChI is InChI=1S/C26H26F2N6O3/c1-2-11-34-12-6-20(18(15-34)23(35)32-26(7-8-26)25-29-9-3-10-30-25)31-24(36)21-14-22(37-33-21)17-5-4-16(27)13-19(17)28/h2-5,9-10,13-14,18,20H,1,6-8,11-12,15H2,(H,31,36)(H,32,35)/t18-,20-/m0/s1. The third kappa shape index (κ3) is 5.26. The number of hydrogen-bond donors (Lipinski definition) is 2. The highest BCUT2D eigenvalue weighted by Gasteiger charge is 2.50. The van der Waals surface area contributed by atoms with Crippen molar-refractivity contribution >= 4 is 11.8 Å². The Morgan fingerprint density at radius 3 is 2.70 bits per heavy atom. The van der Waals surface area contributed by atoms with E-state index in [1.807, 2.05) is 0 Å². The molecule has 0 radical (unpaired) electrons. The van der Waals surface area contributed by atoms with Gasteiger partial charge in [-0.2, -0.15) is 0 Å². The molecular formula is C26H26F2N6O3. The normalized spacial score (nSPS) is 20.7. The SMILES string of the molecule is C=CCN1CC[C@H](NC(=O)c2cc(-c3ccc(F)cc3F)on2)[C@@H](C(=O)NC2(c3ncccn3)CC2)C1. The molecule has 1 saturated carbocycles. The second-order valence-electron chi connectivity index (χ2n) is 9.37. The fraction of sp³-hybridized carbons (Fsp3) is 0.346. The van der Waals surface area contributed by atoms with Gasteiger partial charge in [0.1, 0.15) is 11.6 Å². The van der Waals surface area contributed by atoms with E-state index in [2.05, 4.69) is 37.2 Å². The maximum absolute atomic E-state index is 14.1. The van der Waals surface area contributed by atoms with E-state index in [1.165, 1.54) is 12.1 Å². The molecule has 0 unspecified atom stereocenters. The second-order valence-corrected chi connectivity index (χ2v) is 9.37. The largest absolute Gasteiger partial charge is 0.355 e. The maximum Gasteiger partial charge on any atom is 0.273 e. The maximum atomic E-state index is 14.1. The number of aromatic nitrogens is 3. The molecule has 3 aromatic rings. The van der Waals surface area contributed by atoms with Crippen molar-refractivity contribution in [3.8, 4) is 11.3 Å². The molecule has 11 heteroatoms. The molecule has 2 amide bonds. The topological polar surface area (TPSA) is 113 Å². The summed E-state index contributed by atoms with van der Waals surface area (Å²) >= 11 is 0. The monoisotopic (exact) mass is 508 g/mol. The average Bonchev–Trinajstić information content (AvgIpc) is 3.50. The van der Waals surface area contributed by atoms with Crippen molar-refractivity contribution in [3.05, 3.63) is 78.5 Å². The zero-order valence-corrected chi connectivity index (χ0v) is 20.0. The van der Waals surface area contributed by atoms with Crippen LogP contribution in [0, 0.1) is 17.6 Å². The third-order valence-corrected chi connectivity index (χ3v) is 6.78. The summed E-state index contributed by atoms with van der Waals surface area (Å²) in [4.78, 5) is 37.2. The Balaban J connectivity index is 1.31. The van der Waals surface area contributed by atoms with Crippen LogP contribution in [-0.2, 0) is 10.3 Å². The molecule has 192 valence electrons. The number of hydrogen-bond acceptors (Lipinski definition) is 7. The van der Waals surface area contributed by atoms with Gasteiger partial charge in [-0.25, -0.2) is 18.7 Å². The van der Waals surface area contributed by atoms with Gasteiger partial charge in [-0.1, -0.05) is 11.2 Å². The van der Waals surface area contributed by atoms with Crippen LogP contribution in [0.5, 0.6) is 0 Å². The molecule has 1 aliphatic carbocycles. The van der Waals surface area contributed by atoms with Crippen LogP contribution < -0.4 is 10.6 Å². The first-order valence-electron chi connectivity index (χ1n) is 12.0. The fourth-order valence-corrected chi connectivity index (χ4v) is 4.65. The lowest BCUT2D eigenvalue weighted by atomic mass is 9.90. The molecule has 2 atom stereocenters. The van der Waals surface area contributed by atoms with Crippen molar-refractivity contribution < 1.29 is 22.9 Å². The Bertz CT molecular complexity index is 1310. The van der Waals surface area contributed by atoms with E-state index in [-0.39, 0.29) is 22.9 Å². The van der Waals surface area contributed by atoms with E-state index in [4.69, 9.17) is 4.52 Å². The lowest BCUT2D eigenvalue weighted by Gasteiger charge is -2.38. The Morgan fingerprint density at radius 1 is 1.22 bits per heavy atom. The zero-order chi connectivity index (χ0) is 26.0. The number of nitrogens with one attached hydrogen (secondary N) is 2. The van der Waals surface area contributed by atoms with E-state index in [0.717, 1.165) is 25.0 Å². The van der Waals surface area contributed by atoms with Crippen molar-refractivity contribution in [2.24, 2.45) is 5.92 Å². The number of carbonyl (C=O) groups is 2. The minimum absolute atomic E-state index is 0.00344. The number of carbonyl (C=O) groups excluding carboxylic acids is 2. The van der Waals surface area contributed by atoms with Gasteiger partial charge >= 0.3 is 0 Å². The Kier molecular flexibility index (Phi) is 6.79. The van der Waals surface area contributed by atoms with Crippen LogP contribution >= 0.6 is 0 Å². The zero-order valence-electron chi connectivity index (χ0n) is 20.0. The minimum Gasteiger partial charge on any atom is -0.355 e. The summed E-state index contributed by atoms with van der Waals surface area (Å²) < 4.78 is 32.5. The van der Waals surface area contributed by atoms with Crippen LogP contribution in [0.1, 0.15) is 35.6 Å². The smallest absolute Gasteiger partial charge is 0.273 e. The molecule has 37 heavy (non-hydrogen) atoms. The van der Waals surface area contributed by atoms with Gasteiger partial charge in [0.25, 0.3) is 5.91 Å². The Labute approximate surface area is 212 Å². The molecule has 5 rings (SSSR count). The van der Waals surface area contributed by atoms with Crippen molar-refractivity contribution in [2.75, 3.05) is 19.6 Å². The summed E-state index contributed by atoms with van der Waals surface area (Å²) in [5.41, 5.74) is -0.669. The lowest BCUT2D eigenvalue weighted by Crippen LogP contribution is -2.57. The molecule has 1 aromatic carbocycles. The van der Waals surface area contributed by atoms with E-state index in [0.29, 0.717) is 31.9 Å². The van der Waals surface area contributed by atoms with Crippen molar-refractivity contribution in [2.45, 2.75) is 30.8 Å². The minimum atomic E-state index is -0.828.